The molecule has 0 unspecified atom stereocenters. The van der Waals surface area contributed by atoms with Gasteiger partial charge in [-0.3, -0.25) is 0 Å². The smallest absolute Gasteiger partial charge is 0.125 e. The fourth-order valence-corrected chi connectivity index (χ4v) is 0.433. The molecule has 1 rings (SSSR count). The van der Waals surface area contributed by atoms with Crippen molar-refractivity contribution in [1.82, 2.24) is 0 Å². The van der Waals surface area contributed by atoms with E-state index in [1.165, 1.54) is 0 Å². The summed E-state index contributed by atoms with van der Waals surface area (Å²) in [4.78, 5) is 7.73. The van der Waals surface area contributed by atoms with Gasteiger partial charge in [-0.1, -0.05) is 6.58 Å². The maximum absolute atomic E-state index is 3.89. The summed E-state index contributed by atoms with van der Waals surface area (Å²) in [6, 6.07) is 0. The zero-order valence-electron chi connectivity index (χ0n) is 4.18. The number of rotatable bonds is 0. The Morgan fingerprint density at radius 1 is 1.71 bits per heavy atom. The molecule has 7 heavy (non-hydrogen) atoms. The summed E-state index contributed by atoms with van der Waals surface area (Å²) >= 11 is 0. The van der Waals surface area contributed by atoms with Crippen molar-refractivity contribution in [2.24, 2.45) is 9.98 Å². The van der Waals surface area contributed by atoms with Gasteiger partial charge < -0.3 is 0 Å². The van der Waals surface area contributed by atoms with E-state index < -0.39 is 0 Å². The average Bonchev–Trinajstić information content (AvgIpc) is 1.87. The molecule has 2 heteroatoms. The molecule has 1 aliphatic rings. The van der Waals surface area contributed by atoms with Crippen LogP contribution in [0.3, 0.4) is 0 Å². The third-order valence-corrected chi connectivity index (χ3v) is 0.706. The maximum atomic E-state index is 3.89. The minimum atomic E-state index is 0.748. The lowest BCUT2D eigenvalue weighted by atomic mass is 10.6. The van der Waals surface area contributed by atoms with Gasteiger partial charge in [0.1, 0.15) is 5.84 Å². The Hall–Kier alpha value is -0.920. The topological polar surface area (TPSA) is 24.7 Å². The monoisotopic (exact) mass is 94.1 g/mol. The minimum Gasteiger partial charge on any atom is -0.239 e. The van der Waals surface area contributed by atoms with Crippen LogP contribution in [0.2, 0.25) is 0 Å². The normalized spacial score (nSPS) is 17.9. The first-order valence-electron chi connectivity index (χ1n) is 2.07. The molecular weight excluding hydrogens is 88.1 g/mol. The Morgan fingerprint density at radius 2 is 2.43 bits per heavy atom. The van der Waals surface area contributed by atoms with E-state index in [0.29, 0.717) is 0 Å². The van der Waals surface area contributed by atoms with Crippen molar-refractivity contribution in [1.29, 1.82) is 0 Å². The first kappa shape index (κ1) is 4.24. The number of nitrogens with zero attached hydrogens (tertiary/aromatic N) is 2. The van der Waals surface area contributed by atoms with Gasteiger partial charge in [-0.2, -0.15) is 0 Å². The quantitative estimate of drug-likeness (QED) is 0.428. The average molecular weight is 94.1 g/mol. The number of hydrogen-bond acceptors (Lipinski definition) is 2. The molecule has 0 atom stereocenters. The van der Waals surface area contributed by atoms with Crippen molar-refractivity contribution >= 4 is 12.1 Å². The van der Waals surface area contributed by atoms with Gasteiger partial charge in [-0.15, -0.1) is 0 Å². The van der Waals surface area contributed by atoms with E-state index >= 15 is 0 Å². The fourth-order valence-electron chi connectivity index (χ4n) is 0.433. The molecule has 0 aromatic heterocycles. The second-order valence-electron chi connectivity index (χ2n) is 1.41. The molecule has 2 nitrogen and oxygen atoms in total. The summed E-state index contributed by atoms with van der Waals surface area (Å²) in [5, 5.41) is 0. The van der Waals surface area contributed by atoms with Crippen molar-refractivity contribution in [3.05, 3.63) is 12.3 Å². The Morgan fingerprint density at radius 3 is 2.57 bits per heavy atom. The summed E-state index contributed by atoms with van der Waals surface area (Å²) in [5.74, 6) is 0.796. The van der Waals surface area contributed by atoms with Crippen LogP contribution in [0.15, 0.2) is 22.3 Å². The van der Waals surface area contributed by atoms with Crippen LogP contribution in [0.1, 0.15) is 6.92 Å². The highest BCUT2D eigenvalue weighted by Gasteiger charge is 1.93. The summed E-state index contributed by atoms with van der Waals surface area (Å²) < 4.78 is 0. The highest BCUT2D eigenvalue weighted by atomic mass is 15.0. The second-order valence-corrected chi connectivity index (χ2v) is 1.41. The maximum Gasteiger partial charge on any atom is 0.125 e. The minimum absolute atomic E-state index is 0.748. The summed E-state index contributed by atoms with van der Waals surface area (Å²) in [5.41, 5.74) is 0.748. The molecule has 36 valence electrons. The standard InChI is InChI=1S/C5H6N2/c1-4-3-6-5(2)7-4/h3H,1H2,2H3. The largest absolute Gasteiger partial charge is 0.239 e. The van der Waals surface area contributed by atoms with E-state index in [9.17, 15) is 0 Å². The van der Waals surface area contributed by atoms with E-state index in [0.717, 1.165) is 11.5 Å². The lowest BCUT2D eigenvalue weighted by molar-refractivity contribution is 1.50. The van der Waals surface area contributed by atoms with Crippen molar-refractivity contribution in [2.45, 2.75) is 6.92 Å². The molecule has 0 bridgehead atoms. The second kappa shape index (κ2) is 1.30. The van der Waals surface area contributed by atoms with Crippen LogP contribution in [0, 0.1) is 0 Å². The van der Waals surface area contributed by atoms with Gasteiger partial charge >= 0.3 is 0 Å². The molecule has 0 spiro atoms. The van der Waals surface area contributed by atoms with E-state index in [1.807, 2.05) is 6.92 Å². The van der Waals surface area contributed by atoms with Gasteiger partial charge in [-0.25, -0.2) is 9.98 Å². The van der Waals surface area contributed by atoms with Crippen LogP contribution in [0.5, 0.6) is 0 Å². The SMILES string of the molecule is C=C1C=NC(C)=N1. The third kappa shape index (κ3) is 0.738. The molecule has 0 saturated carbocycles. The van der Waals surface area contributed by atoms with Crippen molar-refractivity contribution in [3.63, 3.8) is 0 Å². The zero-order chi connectivity index (χ0) is 5.28. The Bertz CT molecular complexity index is 153. The van der Waals surface area contributed by atoms with Crippen LogP contribution >= 0.6 is 0 Å². The molecule has 0 aliphatic carbocycles. The van der Waals surface area contributed by atoms with Crippen molar-refractivity contribution in [2.75, 3.05) is 0 Å². The molecule has 0 N–H and O–H groups in total. The van der Waals surface area contributed by atoms with Crippen LogP contribution in [-0.2, 0) is 0 Å². The van der Waals surface area contributed by atoms with E-state index in [1.54, 1.807) is 6.21 Å². The summed E-state index contributed by atoms with van der Waals surface area (Å²) in [6.45, 7) is 5.41. The number of aliphatic imine (C=N–C) groups is 2. The third-order valence-electron chi connectivity index (χ3n) is 0.706. The fraction of sp³-hybridized carbons (Fsp3) is 0.200. The van der Waals surface area contributed by atoms with Crippen LogP contribution < -0.4 is 0 Å². The molecule has 0 aromatic carbocycles. The van der Waals surface area contributed by atoms with Gasteiger partial charge in [0.2, 0.25) is 0 Å². The lowest BCUT2D eigenvalue weighted by Gasteiger charge is -1.74. The summed E-state index contributed by atoms with van der Waals surface area (Å²) in [6.07, 6.45) is 1.65. The molecule has 0 amide bonds. The van der Waals surface area contributed by atoms with Gasteiger partial charge in [0.05, 0.1) is 11.9 Å². The number of hydrogen-bond donors (Lipinski definition) is 0. The summed E-state index contributed by atoms with van der Waals surface area (Å²) in [7, 11) is 0. The van der Waals surface area contributed by atoms with Crippen LogP contribution in [0.4, 0.5) is 0 Å². The van der Waals surface area contributed by atoms with Gasteiger partial charge in [0.25, 0.3) is 0 Å². The van der Waals surface area contributed by atoms with Gasteiger partial charge in [0, 0.05) is 0 Å². The molecule has 1 heterocycles. The molecule has 0 saturated heterocycles. The van der Waals surface area contributed by atoms with E-state index in [-0.39, 0.29) is 0 Å². The lowest BCUT2D eigenvalue weighted by Crippen LogP contribution is -1.73. The van der Waals surface area contributed by atoms with Crippen LogP contribution in [0.25, 0.3) is 0 Å². The van der Waals surface area contributed by atoms with Gasteiger partial charge in [0.15, 0.2) is 0 Å². The predicted molar refractivity (Wildman–Crippen MR) is 30.7 cm³/mol. The van der Waals surface area contributed by atoms with Gasteiger partial charge in [-0.05, 0) is 6.92 Å². The first-order chi connectivity index (χ1) is 3.29. The first-order valence-corrected chi connectivity index (χ1v) is 2.07. The molecular formula is C5H6N2. The molecule has 0 radical (unpaired) electrons. The zero-order valence-corrected chi connectivity index (χ0v) is 4.18. The Kier molecular flexibility index (Phi) is 0.785. The van der Waals surface area contributed by atoms with E-state index in [2.05, 4.69) is 16.6 Å². The Balaban J connectivity index is 2.88. The van der Waals surface area contributed by atoms with Crippen LogP contribution in [-0.4, -0.2) is 12.1 Å². The highest BCUT2D eigenvalue weighted by Crippen LogP contribution is 1.97. The number of allylic oxidation sites excluding steroid dienone is 1. The van der Waals surface area contributed by atoms with Crippen molar-refractivity contribution < 1.29 is 0 Å². The predicted octanol–water partition coefficient (Wildman–Crippen LogP) is 1.00. The van der Waals surface area contributed by atoms with Crippen molar-refractivity contribution in [3.8, 4) is 0 Å². The molecule has 0 aromatic rings. The Labute approximate surface area is 42.3 Å². The van der Waals surface area contributed by atoms with E-state index in [4.69, 9.17) is 0 Å². The highest BCUT2D eigenvalue weighted by molar-refractivity contribution is 5.99. The number of amidine groups is 1. The molecule has 0 fully saturated rings. The molecule has 1 aliphatic heterocycles.